The molecule has 0 aliphatic rings. The van der Waals surface area contributed by atoms with Gasteiger partial charge in [-0.2, -0.15) is 5.26 Å². The lowest BCUT2D eigenvalue weighted by molar-refractivity contribution is 0.200. The largest absolute Gasteiger partial charge is 0.426 e. The molecule has 1 rings (SSSR count). The highest BCUT2D eigenvalue weighted by Gasteiger charge is 2.00. The molecule has 5 heteroatoms. The molecule has 1 aromatic carbocycles. The Labute approximate surface area is 74.7 Å². The van der Waals surface area contributed by atoms with E-state index in [1.807, 2.05) is 11.5 Å². The molecule has 3 N–H and O–H groups in total. The van der Waals surface area contributed by atoms with Gasteiger partial charge in [-0.05, 0) is 24.3 Å². The first-order valence-corrected chi connectivity index (χ1v) is 3.45. The van der Waals surface area contributed by atoms with Crippen LogP contribution in [0.25, 0.3) is 0 Å². The monoisotopic (exact) mass is 177 g/mol. The van der Waals surface area contributed by atoms with Crippen molar-refractivity contribution < 1.29 is 9.53 Å². The highest BCUT2D eigenvalue weighted by molar-refractivity contribution is 5.69. The Morgan fingerprint density at radius 3 is 2.54 bits per heavy atom. The average molecular weight is 177 g/mol. The minimum absolute atomic E-state index is 0.335. The van der Waals surface area contributed by atoms with Gasteiger partial charge in [0.25, 0.3) is 0 Å². The molecule has 0 aromatic heterocycles. The van der Waals surface area contributed by atoms with E-state index in [2.05, 4.69) is 4.74 Å². The SMILES string of the molecule is N#Cc1ccc(OC(=O)NN)cc1. The fraction of sp³-hybridized carbons (Fsp3) is 0. The van der Waals surface area contributed by atoms with Crippen molar-refractivity contribution in [3.8, 4) is 11.8 Å². The molecular weight excluding hydrogens is 170 g/mol. The molecule has 5 nitrogen and oxygen atoms in total. The van der Waals surface area contributed by atoms with E-state index in [9.17, 15) is 4.79 Å². The Bertz CT molecular complexity index is 339. The predicted molar refractivity (Wildman–Crippen MR) is 44.5 cm³/mol. The summed E-state index contributed by atoms with van der Waals surface area (Å²) < 4.78 is 4.68. The molecule has 0 spiro atoms. The van der Waals surface area contributed by atoms with Crippen molar-refractivity contribution >= 4 is 6.09 Å². The van der Waals surface area contributed by atoms with Crippen LogP contribution in [0, 0.1) is 11.3 Å². The van der Waals surface area contributed by atoms with Crippen LogP contribution < -0.4 is 16.0 Å². The van der Waals surface area contributed by atoms with Gasteiger partial charge in [-0.3, -0.25) is 5.43 Å². The summed E-state index contributed by atoms with van der Waals surface area (Å²) in [7, 11) is 0. The topological polar surface area (TPSA) is 88.1 Å². The van der Waals surface area contributed by atoms with Gasteiger partial charge in [-0.25, -0.2) is 10.6 Å². The van der Waals surface area contributed by atoms with Crippen molar-refractivity contribution in [1.29, 1.82) is 5.26 Å². The molecule has 0 atom stereocenters. The van der Waals surface area contributed by atoms with Crippen molar-refractivity contribution in [1.82, 2.24) is 5.43 Å². The second kappa shape index (κ2) is 4.09. The van der Waals surface area contributed by atoms with E-state index in [4.69, 9.17) is 11.1 Å². The summed E-state index contributed by atoms with van der Waals surface area (Å²) in [4.78, 5) is 10.6. The second-order valence-electron chi connectivity index (χ2n) is 2.17. The molecule has 0 saturated carbocycles. The number of nitriles is 1. The summed E-state index contributed by atoms with van der Waals surface area (Å²) in [5.41, 5.74) is 2.32. The maximum absolute atomic E-state index is 10.6. The van der Waals surface area contributed by atoms with E-state index in [1.165, 1.54) is 12.1 Å². The van der Waals surface area contributed by atoms with Gasteiger partial charge in [0.15, 0.2) is 0 Å². The van der Waals surface area contributed by atoms with E-state index in [0.717, 1.165) is 0 Å². The van der Waals surface area contributed by atoms with E-state index in [-0.39, 0.29) is 0 Å². The molecule has 1 amide bonds. The lowest BCUT2D eigenvalue weighted by Gasteiger charge is -2.01. The van der Waals surface area contributed by atoms with Gasteiger partial charge in [0.2, 0.25) is 0 Å². The van der Waals surface area contributed by atoms with E-state index < -0.39 is 6.09 Å². The lowest BCUT2D eigenvalue weighted by Crippen LogP contribution is -2.32. The predicted octanol–water partition coefficient (Wildman–Crippen LogP) is 0.520. The Balaban J connectivity index is 2.71. The van der Waals surface area contributed by atoms with Crippen LogP contribution in [-0.4, -0.2) is 6.09 Å². The van der Waals surface area contributed by atoms with Gasteiger partial charge in [-0.1, -0.05) is 0 Å². The van der Waals surface area contributed by atoms with E-state index in [0.29, 0.717) is 11.3 Å². The highest BCUT2D eigenvalue weighted by Crippen LogP contribution is 2.11. The highest BCUT2D eigenvalue weighted by atomic mass is 16.6. The Morgan fingerprint density at radius 1 is 1.46 bits per heavy atom. The Morgan fingerprint density at radius 2 is 2.08 bits per heavy atom. The molecule has 0 fully saturated rings. The van der Waals surface area contributed by atoms with Crippen molar-refractivity contribution in [2.45, 2.75) is 0 Å². The van der Waals surface area contributed by atoms with E-state index >= 15 is 0 Å². The number of nitrogens with two attached hydrogens (primary N) is 1. The van der Waals surface area contributed by atoms with Crippen LogP contribution in [0.15, 0.2) is 24.3 Å². The zero-order chi connectivity index (χ0) is 9.68. The van der Waals surface area contributed by atoms with Crippen LogP contribution in [0.4, 0.5) is 4.79 Å². The first-order valence-electron chi connectivity index (χ1n) is 3.45. The average Bonchev–Trinajstić information content (AvgIpc) is 2.19. The minimum atomic E-state index is -0.746. The number of hydrogen-bond acceptors (Lipinski definition) is 4. The van der Waals surface area contributed by atoms with Gasteiger partial charge in [0.05, 0.1) is 11.6 Å². The zero-order valence-corrected chi connectivity index (χ0v) is 6.65. The van der Waals surface area contributed by atoms with Crippen LogP contribution in [0.5, 0.6) is 5.75 Å². The first-order chi connectivity index (χ1) is 6.26. The zero-order valence-electron chi connectivity index (χ0n) is 6.65. The number of benzene rings is 1. The number of carbonyl (C=O) groups excluding carboxylic acids is 1. The molecule has 0 unspecified atom stereocenters. The third-order valence-electron chi connectivity index (χ3n) is 1.31. The number of carbonyl (C=O) groups is 1. The number of nitrogens with zero attached hydrogens (tertiary/aromatic N) is 1. The Kier molecular flexibility index (Phi) is 2.84. The van der Waals surface area contributed by atoms with Gasteiger partial charge in [0.1, 0.15) is 5.75 Å². The summed E-state index contributed by atoms with van der Waals surface area (Å²) in [5.74, 6) is 5.13. The van der Waals surface area contributed by atoms with Crippen LogP contribution >= 0.6 is 0 Å². The number of nitrogens with one attached hydrogen (secondary N) is 1. The molecule has 66 valence electrons. The third kappa shape index (κ3) is 2.47. The molecule has 13 heavy (non-hydrogen) atoms. The fourth-order valence-corrected chi connectivity index (χ4v) is 0.734. The number of hydrazine groups is 1. The maximum atomic E-state index is 10.6. The number of amides is 1. The first kappa shape index (κ1) is 9.03. The smallest absolute Gasteiger partial charge is 0.409 e. The van der Waals surface area contributed by atoms with Crippen LogP contribution in [-0.2, 0) is 0 Å². The summed E-state index contributed by atoms with van der Waals surface area (Å²) >= 11 is 0. The number of rotatable bonds is 1. The standard InChI is InChI=1S/C8H7N3O2/c9-5-6-1-3-7(4-2-6)13-8(12)11-10/h1-4H,10H2,(H,11,12). The quantitative estimate of drug-likeness (QED) is 0.372. The van der Waals surface area contributed by atoms with Crippen LogP contribution in [0.3, 0.4) is 0 Å². The summed E-state index contributed by atoms with van der Waals surface area (Å²) in [5, 5.41) is 8.47. The lowest BCUT2D eigenvalue weighted by atomic mass is 10.2. The van der Waals surface area contributed by atoms with Crippen LogP contribution in [0.2, 0.25) is 0 Å². The van der Waals surface area contributed by atoms with Crippen molar-refractivity contribution in [3.05, 3.63) is 29.8 Å². The molecule has 0 aliphatic carbocycles. The molecule has 0 aliphatic heterocycles. The maximum Gasteiger partial charge on any atom is 0.426 e. The van der Waals surface area contributed by atoms with Crippen molar-refractivity contribution in [3.63, 3.8) is 0 Å². The summed E-state index contributed by atoms with van der Waals surface area (Å²) in [6.45, 7) is 0. The van der Waals surface area contributed by atoms with Gasteiger partial charge < -0.3 is 4.74 Å². The number of ether oxygens (including phenoxy) is 1. The fourth-order valence-electron chi connectivity index (χ4n) is 0.734. The van der Waals surface area contributed by atoms with Crippen LogP contribution in [0.1, 0.15) is 5.56 Å². The summed E-state index contributed by atoms with van der Waals surface area (Å²) in [6.07, 6.45) is -0.746. The molecular formula is C8H7N3O2. The molecule has 0 radical (unpaired) electrons. The van der Waals surface area contributed by atoms with Gasteiger partial charge in [-0.15, -0.1) is 0 Å². The Hall–Kier alpha value is -2.06. The minimum Gasteiger partial charge on any atom is -0.409 e. The molecule has 1 aromatic rings. The second-order valence-corrected chi connectivity index (χ2v) is 2.17. The molecule has 0 saturated heterocycles. The van der Waals surface area contributed by atoms with Gasteiger partial charge in [0, 0.05) is 0 Å². The van der Waals surface area contributed by atoms with Crippen molar-refractivity contribution in [2.24, 2.45) is 5.84 Å². The third-order valence-corrected chi connectivity index (χ3v) is 1.31. The molecule has 0 heterocycles. The van der Waals surface area contributed by atoms with Crippen molar-refractivity contribution in [2.75, 3.05) is 0 Å². The summed E-state index contributed by atoms with van der Waals surface area (Å²) in [6, 6.07) is 8.04. The number of hydrogen-bond donors (Lipinski definition) is 2. The normalized spacial score (nSPS) is 8.62. The van der Waals surface area contributed by atoms with Gasteiger partial charge >= 0.3 is 6.09 Å². The molecule has 0 bridgehead atoms. The van der Waals surface area contributed by atoms with E-state index in [1.54, 1.807) is 12.1 Å².